The van der Waals surface area contributed by atoms with Crippen molar-refractivity contribution in [1.82, 2.24) is 14.7 Å². The van der Waals surface area contributed by atoms with E-state index >= 15 is 0 Å². The summed E-state index contributed by atoms with van der Waals surface area (Å²) in [6.45, 7) is 1.25. The Bertz CT molecular complexity index is 859. The zero-order chi connectivity index (χ0) is 19.9. The van der Waals surface area contributed by atoms with Crippen LogP contribution in [0, 0.1) is 0 Å². The summed E-state index contributed by atoms with van der Waals surface area (Å²) in [5, 5.41) is 7.18. The maximum absolute atomic E-state index is 13.7. The third-order valence-corrected chi connectivity index (χ3v) is 5.85. The van der Waals surface area contributed by atoms with Gasteiger partial charge in [0, 0.05) is 30.0 Å². The summed E-state index contributed by atoms with van der Waals surface area (Å²) in [7, 11) is 0. The largest absolute Gasteiger partial charge is 0.410 e. The number of nitrogens with one attached hydrogen (secondary N) is 1. The first-order valence-electron chi connectivity index (χ1n) is 9.30. The molecular formula is C19H20BrF3N4O. The Kier molecular flexibility index (Phi) is 5.11. The Morgan fingerprint density at radius 3 is 2.46 bits per heavy atom. The molecule has 5 nitrogen and oxygen atoms in total. The summed E-state index contributed by atoms with van der Waals surface area (Å²) in [5.41, 5.74) is 0.823. The second kappa shape index (κ2) is 7.42. The van der Waals surface area contributed by atoms with Crippen LogP contribution in [0.2, 0.25) is 0 Å². The fourth-order valence-corrected chi connectivity index (χ4v) is 4.11. The van der Waals surface area contributed by atoms with E-state index in [1.54, 1.807) is 29.2 Å². The number of halogens is 4. The fourth-order valence-electron chi connectivity index (χ4n) is 3.85. The first kappa shape index (κ1) is 19.3. The van der Waals surface area contributed by atoms with Crippen molar-refractivity contribution >= 4 is 27.7 Å². The van der Waals surface area contributed by atoms with Gasteiger partial charge < -0.3 is 10.2 Å². The fraction of sp³-hybridized carbons (Fsp3) is 0.474. The zero-order valence-corrected chi connectivity index (χ0v) is 16.6. The molecule has 150 valence electrons. The average molecular weight is 457 g/mol. The Morgan fingerprint density at radius 1 is 1.14 bits per heavy atom. The molecule has 0 radical (unpaired) electrons. The van der Waals surface area contributed by atoms with Gasteiger partial charge in [-0.3, -0.25) is 4.79 Å². The highest BCUT2D eigenvalue weighted by Gasteiger charge is 2.47. The van der Waals surface area contributed by atoms with Gasteiger partial charge in [-0.2, -0.15) is 18.3 Å². The van der Waals surface area contributed by atoms with Crippen LogP contribution in [0.1, 0.15) is 53.8 Å². The van der Waals surface area contributed by atoms with Crippen LogP contribution in [-0.2, 0) is 0 Å². The molecule has 0 unspecified atom stereocenters. The van der Waals surface area contributed by atoms with Gasteiger partial charge in [0.05, 0.1) is 6.04 Å². The molecule has 1 amide bonds. The highest BCUT2D eigenvalue weighted by atomic mass is 79.9. The van der Waals surface area contributed by atoms with Crippen molar-refractivity contribution in [3.8, 4) is 0 Å². The Balaban J connectivity index is 1.65. The molecule has 1 aromatic heterocycles. The Morgan fingerprint density at radius 2 is 1.82 bits per heavy atom. The van der Waals surface area contributed by atoms with Crippen molar-refractivity contribution in [3.05, 3.63) is 46.1 Å². The number of benzene rings is 1. The SMILES string of the molecule is O=C(c1cc2n(n1)[C@@H](C(F)(F)F)C[C@@H](c1ccc(Br)cc1)N2)N1CCCCC1. The van der Waals surface area contributed by atoms with Crippen molar-refractivity contribution in [3.63, 3.8) is 0 Å². The maximum Gasteiger partial charge on any atom is 0.410 e. The Labute approximate surface area is 169 Å². The molecule has 0 spiro atoms. The molecule has 2 atom stereocenters. The number of carbonyl (C=O) groups is 1. The molecule has 1 N–H and O–H groups in total. The number of hydrogen-bond acceptors (Lipinski definition) is 3. The number of likely N-dealkylation sites (tertiary alicyclic amines) is 1. The van der Waals surface area contributed by atoms with Crippen LogP contribution in [0.4, 0.5) is 19.0 Å². The molecule has 2 aliphatic heterocycles. The molecule has 9 heteroatoms. The van der Waals surface area contributed by atoms with Crippen LogP contribution < -0.4 is 5.32 Å². The summed E-state index contributed by atoms with van der Waals surface area (Å²) < 4.78 is 43.0. The number of anilines is 1. The molecule has 3 heterocycles. The predicted octanol–water partition coefficient (Wildman–Crippen LogP) is 4.93. The summed E-state index contributed by atoms with van der Waals surface area (Å²) in [4.78, 5) is 14.4. The summed E-state index contributed by atoms with van der Waals surface area (Å²) >= 11 is 3.34. The molecule has 4 rings (SSSR count). The number of carbonyl (C=O) groups excluding carboxylic acids is 1. The highest BCUT2D eigenvalue weighted by molar-refractivity contribution is 9.10. The minimum Gasteiger partial charge on any atom is -0.363 e. The minimum absolute atomic E-state index is 0.0649. The number of aromatic nitrogens is 2. The molecule has 28 heavy (non-hydrogen) atoms. The molecule has 0 aliphatic carbocycles. The molecular weight excluding hydrogens is 437 g/mol. The van der Waals surface area contributed by atoms with E-state index in [0.29, 0.717) is 13.1 Å². The third-order valence-electron chi connectivity index (χ3n) is 5.32. The van der Waals surface area contributed by atoms with E-state index in [1.165, 1.54) is 6.07 Å². The van der Waals surface area contributed by atoms with Gasteiger partial charge in [0.2, 0.25) is 0 Å². The van der Waals surface area contributed by atoms with Crippen molar-refractivity contribution in [2.75, 3.05) is 18.4 Å². The van der Waals surface area contributed by atoms with Gasteiger partial charge in [-0.05, 0) is 37.0 Å². The van der Waals surface area contributed by atoms with Gasteiger partial charge in [-0.25, -0.2) is 4.68 Å². The van der Waals surface area contributed by atoms with E-state index in [4.69, 9.17) is 0 Å². The van der Waals surface area contributed by atoms with Crippen LogP contribution in [0.3, 0.4) is 0 Å². The second-order valence-electron chi connectivity index (χ2n) is 7.25. The lowest BCUT2D eigenvalue weighted by molar-refractivity contribution is -0.173. The topological polar surface area (TPSA) is 50.2 Å². The van der Waals surface area contributed by atoms with Gasteiger partial charge in [0.25, 0.3) is 5.91 Å². The van der Waals surface area contributed by atoms with E-state index in [1.807, 2.05) is 0 Å². The van der Waals surface area contributed by atoms with Gasteiger partial charge in [-0.1, -0.05) is 28.1 Å². The summed E-state index contributed by atoms with van der Waals surface area (Å²) in [6, 6.07) is 6.35. The zero-order valence-electron chi connectivity index (χ0n) is 15.0. The lowest BCUT2D eigenvalue weighted by atomic mass is 9.97. The minimum atomic E-state index is -4.46. The molecule has 1 aromatic carbocycles. The maximum atomic E-state index is 13.7. The van der Waals surface area contributed by atoms with Crippen molar-refractivity contribution in [1.29, 1.82) is 0 Å². The second-order valence-corrected chi connectivity index (χ2v) is 8.17. The smallest absolute Gasteiger partial charge is 0.363 e. The van der Waals surface area contributed by atoms with Crippen LogP contribution in [0.5, 0.6) is 0 Å². The number of rotatable bonds is 2. The lowest BCUT2D eigenvalue weighted by Crippen LogP contribution is -2.37. The number of alkyl halides is 3. The number of amides is 1. The predicted molar refractivity (Wildman–Crippen MR) is 102 cm³/mol. The van der Waals surface area contributed by atoms with Gasteiger partial charge in [-0.15, -0.1) is 0 Å². The van der Waals surface area contributed by atoms with E-state index in [-0.39, 0.29) is 23.8 Å². The number of piperidine rings is 1. The summed E-state index contributed by atoms with van der Waals surface area (Å²) in [6.07, 6.45) is -1.75. The first-order chi connectivity index (χ1) is 13.3. The number of hydrogen-bond donors (Lipinski definition) is 1. The van der Waals surface area contributed by atoms with E-state index in [2.05, 4.69) is 26.3 Å². The molecule has 1 saturated heterocycles. The van der Waals surface area contributed by atoms with Gasteiger partial charge in [0.1, 0.15) is 5.82 Å². The molecule has 2 aliphatic rings. The van der Waals surface area contributed by atoms with Crippen LogP contribution in [0.15, 0.2) is 34.8 Å². The molecule has 1 fully saturated rings. The molecule has 2 aromatic rings. The standard InChI is InChI=1S/C19H20BrF3N4O/c20-13-6-4-12(5-7-13)14-10-16(19(21,22)23)27-17(24-14)11-15(25-27)18(28)26-8-2-1-3-9-26/h4-7,11,14,16,24H,1-3,8-10H2/t14-,16+/m0/s1. The highest BCUT2D eigenvalue weighted by Crippen LogP contribution is 2.43. The van der Waals surface area contributed by atoms with E-state index < -0.39 is 18.3 Å². The normalized spacial score (nSPS) is 22.5. The quantitative estimate of drug-likeness (QED) is 0.696. The van der Waals surface area contributed by atoms with Crippen LogP contribution in [-0.4, -0.2) is 39.9 Å². The average Bonchev–Trinajstić information content (AvgIpc) is 3.11. The van der Waals surface area contributed by atoms with Crippen molar-refractivity contribution < 1.29 is 18.0 Å². The molecule has 0 bridgehead atoms. The molecule has 0 saturated carbocycles. The van der Waals surface area contributed by atoms with Gasteiger partial charge >= 0.3 is 6.18 Å². The number of nitrogens with zero attached hydrogens (tertiary/aromatic N) is 3. The van der Waals surface area contributed by atoms with E-state index in [9.17, 15) is 18.0 Å². The monoisotopic (exact) mass is 456 g/mol. The number of fused-ring (bicyclic) bond motifs is 1. The summed E-state index contributed by atoms with van der Waals surface area (Å²) in [5.74, 6) is -0.0774. The third kappa shape index (κ3) is 3.76. The first-order valence-corrected chi connectivity index (χ1v) is 10.1. The van der Waals surface area contributed by atoms with Gasteiger partial charge in [0.15, 0.2) is 11.7 Å². The van der Waals surface area contributed by atoms with Crippen LogP contribution in [0.25, 0.3) is 0 Å². The van der Waals surface area contributed by atoms with E-state index in [0.717, 1.165) is 34.0 Å². The Hall–Kier alpha value is -2.03. The van der Waals surface area contributed by atoms with Crippen LogP contribution >= 0.6 is 15.9 Å². The van der Waals surface area contributed by atoms with Crippen molar-refractivity contribution in [2.45, 2.75) is 43.9 Å². The lowest BCUT2D eigenvalue weighted by Gasteiger charge is -2.33. The van der Waals surface area contributed by atoms with Crippen molar-refractivity contribution in [2.24, 2.45) is 0 Å².